The monoisotopic (exact) mass is 431 g/mol. The van der Waals surface area contributed by atoms with Crippen molar-refractivity contribution in [2.24, 2.45) is 0 Å². The van der Waals surface area contributed by atoms with E-state index in [9.17, 15) is 9.18 Å². The number of carbonyl (C=O) groups excluding carboxylic acids is 1. The molecule has 1 atom stereocenters. The molecule has 5 rings (SSSR count). The van der Waals surface area contributed by atoms with Crippen LogP contribution in [0.5, 0.6) is 11.5 Å². The maximum absolute atomic E-state index is 13.5. The number of carbonyl (C=O) groups is 1. The first-order valence-electron chi connectivity index (χ1n) is 11.0. The fourth-order valence-electron chi connectivity index (χ4n) is 4.58. The van der Waals surface area contributed by atoms with Gasteiger partial charge in [-0.2, -0.15) is 0 Å². The molecule has 3 aromatic carbocycles. The number of fused-ring (bicyclic) bond motifs is 1. The Bertz CT molecular complexity index is 1120. The van der Waals surface area contributed by atoms with E-state index in [4.69, 9.17) is 4.74 Å². The second-order valence-corrected chi connectivity index (χ2v) is 8.49. The van der Waals surface area contributed by atoms with Crippen LogP contribution in [0.15, 0.2) is 72.8 Å². The lowest BCUT2D eigenvalue weighted by Crippen LogP contribution is -2.61. The highest BCUT2D eigenvalue weighted by Crippen LogP contribution is 2.37. The molecule has 3 aromatic rings. The number of benzene rings is 3. The summed E-state index contributed by atoms with van der Waals surface area (Å²) < 4.78 is 19.4. The number of amides is 2. The highest BCUT2D eigenvalue weighted by molar-refractivity contribution is 5.90. The van der Waals surface area contributed by atoms with Crippen LogP contribution in [0.1, 0.15) is 23.6 Å². The lowest BCUT2D eigenvalue weighted by molar-refractivity contribution is 0.0514. The number of nitrogens with zero attached hydrogens (tertiary/aromatic N) is 2. The van der Waals surface area contributed by atoms with Gasteiger partial charge in [-0.05, 0) is 67.4 Å². The van der Waals surface area contributed by atoms with Crippen LogP contribution in [0, 0.1) is 5.82 Å². The van der Waals surface area contributed by atoms with Gasteiger partial charge < -0.3 is 15.0 Å². The Labute approximate surface area is 187 Å². The normalized spacial score (nSPS) is 17.7. The third-order valence-electron chi connectivity index (χ3n) is 6.43. The number of halogens is 1. The molecule has 32 heavy (non-hydrogen) atoms. The van der Waals surface area contributed by atoms with E-state index in [0.29, 0.717) is 30.6 Å². The summed E-state index contributed by atoms with van der Waals surface area (Å²) in [6, 6.07) is 22.5. The molecule has 0 aromatic heterocycles. The van der Waals surface area contributed by atoms with Crippen molar-refractivity contribution in [3.05, 3.63) is 89.7 Å². The van der Waals surface area contributed by atoms with Gasteiger partial charge >= 0.3 is 6.03 Å². The second kappa shape index (κ2) is 8.63. The van der Waals surface area contributed by atoms with Crippen LogP contribution in [-0.4, -0.2) is 42.0 Å². The number of anilines is 1. The summed E-state index contributed by atoms with van der Waals surface area (Å²) in [6.45, 7) is 1.35. The Kier molecular flexibility index (Phi) is 5.53. The summed E-state index contributed by atoms with van der Waals surface area (Å²) in [6.07, 6.45) is 1.90. The first-order valence-corrected chi connectivity index (χ1v) is 11.0. The Morgan fingerprint density at radius 1 is 1.03 bits per heavy atom. The minimum Gasteiger partial charge on any atom is -0.457 e. The molecule has 1 unspecified atom stereocenters. The minimum atomic E-state index is -0.170. The Balaban J connectivity index is 1.16. The molecule has 0 radical (unpaired) electrons. The van der Waals surface area contributed by atoms with Gasteiger partial charge in [0.25, 0.3) is 0 Å². The number of aryl methyl sites for hydroxylation is 1. The molecule has 1 saturated heterocycles. The zero-order chi connectivity index (χ0) is 22.1. The number of rotatable bonds is 5. The summed E-state index contributed by atoms with van der Waals surface area (Å²) in [7, 11) is 2.10. The topological polar surface area (TPSA) is 44.8 Å². The van der Waals surface area contributed by atoms with Crippen molar-refractivity contribution >= 4 is 11.7 Å². The van der Waals surface area contributed by atoms with Gasteiger partial charge in [0.2, 0.25) is 0 Å². The summed E-state index contributed by atoms with van der Waals surface area (Å²) in [4.78, 5) is 16.9. The SMILES string of the molecule is CN(C1CN(C(=O)Nc2cccc(Oc3ccccc3)c2)C1)C1CCc2cc(F)ccc21. The molecule has 1 aliphatic carbocycles. The average Bonchev–Trinajstić information content (AvgIpc) is 3.16. The summed E-state index contributed by atoms with van der Waals surface area (Å²) >= 11 is 0. The molecule has 2 aliphatic rings. The quantitative estimate of drug-likeness (QED) is 0.584. The van der Waals surface area contributed by atoms with Gasteiger partial charge in [-0.3, -0.25) is 4.90 Å². The predicted octanol–water partition coefficient (Wildman–Crippen LogP) is 5.45. The summed E-state index contributed by atoms with van der Waals surface area (Å²) in [5.41, 5.74) is 3.02. The maximum Gasteiger partial charge on any atom is 0.321 e. The van der Waals surface area contributed by atoms with Crippen molar-refractivity contribution in [2.45, 2.75) is 24.9 Å². The second-order valence-electron chi connectivity index (χ2n) is 8.49. The summed E-state index contributed by atoms with van der Waals surface area (Å²) in [5.74, 6) is 1.25. The largest absolute Gasteiger partial charge is 0.457 e. The van der Waals surface area contributed by atoms with Gasteiger partial charge in [-0.25, -0.2) is 9.18 Å². The van der Waals surface area contributed by atoms with E-state index in [-0.39, 0.29) is 17.9 Å². The first-order chi connectivity index (χ1) is 15.6. The van der Waals surface area contributed by atoms with E-state index in [0.717, 1.165) is 24.2 Å². The molecule has 0 bridgehead atoms. The van der Waals surface area contributed by atoms with Gasteiger partial charge in [0.1, 0.15) is 17.3 Å². The molecule has 6 heteroatoms. The highest BCUT2D eigenvalue weighted by atomic mass is 19.1. The number of likely N-dealkylation sites (N-methyl/N-ethyl adjacent to an activating group) is 1. The van der Waals surface area contributed by atoms with E-state index in [1.807, 2.05) is 65.6 Å². The number of hydrogen-bond acceptors (Lipinski definition) is 3. The van der Waals surface area contributed by atoms with Crippen LogP contribution in [0.4, 0.5) is 14.9 Å². The number of nitrogens with one attached hydrogen (secondary N) is 1. The zero-order valence-electron chi connectivity index (χ0n) is 18.0. The predicted molar refractivity (Wildman–Crippen MR) is 123 cm³/mol. The third-order valence-corrected chi connectivity index (χ3v) is 6.43. The van der Waals surface area contributed by atoms with E-state index >= 15 is 0 Å². The Morgan fingerprint density at radius 3 is 2.62 bits per heavy atom. The lowest BCUT2D eigenvalue weighted by atomic mass is 10.0. The van der Waals surface area contributed by atoms with Crippen LogP contribution < -0.4 is 10.1 Å². The third kappa shape index (κ3) is 4.18. The van der Waals surface area contributed by atoms with Gasteiger partial charge in [-0.15, -0.1) is 0 Å². The van der Waals surface area contributed by atoms with E-state index < -0.39 is 0 Å². The van der Waals surface area contributed by atoms with Crippen LogP contribution in [0.25, 0.3) is 0 Å². The zero-order valence-corrected chi connectivity index (χ0v) is 18.0. The van der Waals surface area contributed by atoms with Crippen LogP contribution in [-0.2, 0) is 6.42 Å². The molecular weight excluding hydrogens is 405 g/mol. The van der Waals surface area contributed by atoms with Gasteiger partial charge in [-0.1, -0.05) is 30.3 Å². The molecule has 0 spiro atoms. The highest BCUT2D eigenvalue weighted by Gasteiger charge is 2.38. The summed E-state index contributed by atoms with van der Waals surface area (Å²) in [5, 5.41) is 2.97. The van der Waals surface area contributed by atoms with Crippen LogP contribution in [0.2, 0.25) is 0 Å². The molecular formula is C26H26FN3O2. The fourth-order valence-corrected chi connectivity index (χ4v) is 4.58. The number of likely N-dealkylation sites (tertiary alicyclic amines) is 1. The molecule has 1 N–H and O–H groups in total. The van der Waals surface area contributed by atoms with E-state index in [2.05, 4.69) is 17.3 Å². The number of urea groups is 1. The minimum absolute atomic E-state index is 0.111. The molecule has 5 nitrogen and oxygen atoms in total. The van der Waals surface area contributed by atoms with E-state index in [1.165, 1.54) is 5.56 Å². The number of para-hydroxylation sites is 1. The van der Waals surface area contributed by atoms with Crippen molar-refractivity contribution in [2.75, 3.05) is 25.5 Å². The molecule has 1 heterocycles. The number of hydrogen-bond donors (Lipinski definition) is 1. The fraction of sp³-hybridized carbons (Fsp3) is 0.269. The standard InChI is InChI=1S/C26H26FN3O2/c1-29(25-13-10-18-14-19(27)11-12-24(18)25)21-16-30(17-21)26(31)28-20-6-5-9-23(15-20)32-22-7-3-2-4-8-22/h2-9,11-12,14-15,21,25H,10,13,16-17H2,1H3,(H,28,31). The van der Waals surface area contributed by atoms with Crippen molar-refractivity contribution in [3.63, 3.8) is 0 Å². The van der Waals surface area contributed by atoms with E-state index in [1.54, 1.807) is 12.1 Å². The first kappa shape index (κ1) is 20.5. The smallest absolute Gasteiger partial charge is 0.321 e. The Morgan fingerprint density at radius 2 is 1.81 bits per heavy atom. The average molecular weight is 432 g/mol. The van der Waals surface area contributed by atoms with Crippen molar-refractivity contribution < 1.29 is 13.9 Å². The number of ether oxygens (including phenoxy) is 1. The Hall–Kier alpha value is -3.38. The molecule has 164 valence electrons. The van der Waals surface area contributed by atoms with Crippen LogP contribution in [0.3, 0.4) is 0 Å². The van der Waals surface area contributed by atoms with Crippen molar-refractivity contribution in [1.29, 1.82) is 0 Å². The van der Waals surface area contributed by atoms with Gasteiger partial charge in [0, 0.05) is 36.9 Å². The van der Waals surface area contributed by atoms with Crippen LogP contribution >= 0.6 is 0 Å². The molecule has 1 aliphatic heterocycles. The van der Waals surface area contributed by atoms with Crippen molar-refractivity contribution in [3.8, 4) is 11.5 Å². The van der Waals surface area contributed by atoms with Gasteiger partial charge in [0.05, 0.1) is 0 Å². The molecule has 0 saturated carbocycles. The molecule has 2 amide bonds. The lowest BCUT2D eigenvalue weighted by Gasteiger charge is -2.46. The molecule has 1 fully saturated rings. The maximum atomic E-state index is 13.5. The van der Waals surface area contributed by atoms with Crippen molar-refractivity contribution in [1.82, 2.24) is 9.80 Å². The van der Waals surface area contributed by atoms with Gasteiger partial charge in [0.15, 0.2) is 0 Å².